The van der Waals surface area contributed by atoms with Gasteiger partial charge in [0.25, 0.3) is 5.91 Å². The molecule has 2 amide bonds. The third kappa shape index (κ3) is 2.68. The topological polar surface area (TPSA) is 104 Å². The van der Waals surface area contributed by atoms with Crippen LogP contribution in [-0.4, -0.2) is 58.2 Å². The molecule has 1 atom stereocenters. The molecule has 9 heteroatoms. The minimum atomic E-state index is -0.823. The summed E-state index contributed by atoms with van der Waals surface area (Å²) in [6.45, 7) is -0.168. The van der Waals surface area contributed by atoms with E-state index in [9.17, 15) is 14.7 Å². The lowest BCUT2D eigenvalue weighted by Gasteiger charge is -2.34. The van der Waals surface area contributed by atoms with Crippen molar-refractivity contribution in [2.75, 3.05) is 26.5 Å². The lowest BCUT2D eigenvalue weighted by Crippen LogP contribution is -2.52. The highest BCUT2D eigenvalue weighted by atomic mass is 16.7. The molecule has 1 saturated heterocycles. The van der Waals surface area contributed by atoms with Gasteiger partial charge in [-0.25, -0.2) is 0 Å². The van der Waals surface area contributed by atoms with E-state index in [0.29, 0.717) is 28.4 Å². The summed E-state index contributed by atoms with van der Waals surface area (Å²) in [4.78, 5) is 32.5. The molecule has 0 spiro atoms. The number of nitrogens with zero attached hydrogens (tertiary/aromatic N) is 2. The monoisotopic (exact) mass is 433 g/mol. The maximum Gasteiger partial charge on any atom is 0.275 e. The highest BCUT2D eigenvalue weighted by Crippen LogP contribution is 2.46. The zero-order valence-corrected chi connectivity index (χ0v) is 16.9. The molecule has 2 N–H and O–H groups in total. The number of hydrogen-bond acceptors (Lipinski definition) is 6. The predicted molar refractivity (Wildman–Crippen MR) is 112 cm³/mol. The summed E-state index contributed by atoms with van der Waals surface area (Å²) in [5.74, 6) is 0.858. The number of carbonyl (C=O) groups is 2. The Bertz CT molecular complexity index is 1300. The molecular weight excluding hydrogens is 414 g/mol. The average molecular weight is 433 g/mol. The van der Waals surface area contributed by atoms with Gasteiger partial charge < -0.3 is 29.2 Å². The first-order valence-corrected chi connectivity index (χ1v) is 10.2. The van der Waals surface area contributed by atoms with Gasteiger partial charge in [0, 0.05) is 34.8 Å². The number of H-pyrrole nitrogens is 1. The first kappa shape index (κ1) is 18.8. The highest BCUT2D eigenvalue weighted by Gasteiger charge is 2.48. The van der Waals surface area contributed by atoms with Crippen molar-refractivity contribution in [3.05, 3.63) is 65.5 Å². The van der Waals surface area contributed by atoms with Crippen LogP contribution in [0.5, 0.6) is 11.5 Å². The van der Waals surface area contributed by atoms with Crippen LogP contribution in [0.3, 0.4) is 0 Å². The Hall–Kier alpha value is -3.98. The summed E-state index contributed by atoms with van der Waals surface area (Å²) in [5.41, 5.74) is 2.41. The van der Waals surface area contributed by atoms with E-state index in [-0.39, 0.29) is 44.0 Å². The molecule has 1 fully saturated rings. The van der Waals surface area contributed by atoms with Gasteiger partial charge in [-0.05, 0) is 24.3 Å². The zero-order chi connectivity index (χ0) is 21.8. The molecule has 1 unspecified atom stereocenters. The van der Waals surface area contributed by atoms with Crippen LogP contribution in [0.15, 0.2) is 54.4 Å². The van der Waals surface area contributed by atoms with Crippen molar-refractivity contribution >= 4 is 28.5 Å². The molecule has 0 bridgehead atoms. The quantitative estimate of drug-likeness (QED) is 0.652. The van der Waals surface area contributed by atoms with Crippen LogP contribution in [0.2, 0.25) is 0 Å². The summed E-state index contributed by atoms with van der Waals surface area (Å²) in [6.07, 6.45) is 0.951. The second kappa shape index (κ2) is 7.03. The van der Waals surface area contributed by atoms with Crippen LogP contribution >= 0.6 is 0 Å². The Kier molecular flexibility index (Phi) is 4.12. The predicted octanol–water partition coefficient (Wildman–Crippen LogP) is 1.96. The SMILES string of the molecule is O=C1C2=C(c3c[nH]c4ccccc34)OC(c3ccc4c(c3)OCO4)N2C(=O)CN1CCO. The van der Waals surface area contributed by atoms with E-state index in [1.165, 1.54) is 9.80 Å². The van der Waals surface area contributed by atoms with Crippen LogP contribution in [0.1, 0.15) is 17.4 Å². The number of amides is 2. The number of ether oxygens (including phenoxy) is 3. The van der Waals surface area contributed by atoms with Crippen LogP contribution in [0.4, 0.5) is 0 Å². The molecule has 162 valence electrons. The van der Waals surface area contributed by atoms with Gasteiger partial charge in [-0.3, -0.25) is 14.5 Å². The standard InChI is InChI=1S/C23H19N3O6/c27-8-7-25-11-19(28)26-20(22(25)29)21(15-10-24-16-4-2-1-3-14(15)16)32-23(26)13-5-6-17-18(9-13)31-12-30-17/h1-6,9-10,23-24,27H,7-8,11-12H2. The average Bonchev–Trinajstić information content (AvgIpc) is 3.53. The number of benzene rings is 2. The van der Waals surface area contributed by atoms with Crippen LogP contribution < -0.4 is 9.47 Å². The summed E-state index contributed by atoms with van der Waals surface area (Å²) in [5, 5.41) is 10.3. The molecule has 0 saturated carbocycles. The number of fused-ring (bicyclic) bond motifs is 3. The fourth-order valence-corrected chi connectivity index (χ4v) is 4.40. The molecule has 0 radical (unpaired) electrons. The second-order valence-corrected chi connectivity index (χ2v) is 7.72. The number of aromatic nitrogens is 1. The Morgan fingerprint density at radius 3 is 2.81 bits per heavy atom. The number of piperazine rings is 1. The van der Waals surface area contributed by atoms with Crippen LogP contribution in [0.25, 0.3) is 16.7 Å². The molecule has 3 aliphatic heterocycles. The first-order valence-electron chi connectivity index (χ1n) is 10.2. The smallest absolute Gasteiger partial charge is 0.275 e. The highest BCUT2D eigenvalue weighted by molar-refractivity contribution is 6.10. The Labute approximate surface area is 182 Å². The number of aliphatic hydroxyl groups is 1. The molecule has 4 heterocycles. The van der Waals surface area contributed by atoms with Crippen molar-refractivity contribution in [3.8, 4) is 11.5 Å². The summed E-state index contributed by atoms with van der Waals surface area (Å²) >= 11 is 0. The number of hydrogen-bond donors (Lipinski definition) is 2. The van der Waals surface area contributed by atoms with E-state index < -0.39 is 6.23 Å². The number of para-hydroxylation sites is 1. The van der Waals surface area contributed by atoms with Gasteiger partial charge in [-0.2, -0.15) is 0 Å². The van der Waals surface area contributed by atoms with Crippen LogP contribution in [0, 0.1) is 0 Å². The molecule has 0 aliphatic carbocycles. The zero-order valence-electron chi connectivity index (χ0n) is 16.9. The van der Waals surface area contributed by atoms with Crippen LogP contribution in [-0.2, 0) is 14.3 Å². The second-order valence-electron chi connectivity index (χ2n) is 7.72. The van der Waals surface area contributed by atoms with Gasteiger partial charge in [0.05, 0.1) is 6.61 Å². The molecule has 3 aromatic rings. The van der Waals surface area contributed by atoms with Gasteiger partial charge >= 0.3 is 0 Å². The van der Waals surface area contributed by atoms with Crippen molar-refractivity contribution in [3.63, 3.8) is 0 Å². The number of aromatic amines is 1. The molecule has 6 rings (SSSR count). The molecule has 3 aliphatic rings. The molecule has 9 nitrogen and oxygen atoms in total. The molecular formula is C23H19N3O6. The van der Waals surface area contributed by atoms with Gasteiger partial charge in [0.15, 0.2) is 23.0 Å². The third-order valence-electron chi connectivity index (χ3n) is 5.89. The summed E-state index contributed by atoms with van der Waals surface area (Å²) in [6, 6.07) is 13.0. The van der Waals surface area contributed by atoms with E-state index in [1.54, 1.807) is 24.4 Å². The Morgan fingerprint density at radius 2 is 1.94 bits per heavy atom. The van der Waals surface area contributed by atoms with Crippen molar-refractivity contribution in [2.24, 2.45) is 0 Å². The lowest BCUT2D eigenvalue weighted by atomic mass is 10.1. The fourth-order valence-electron chi connectivity index (χ4n) is 4.40. The van der Waals surface area contributed by atoms with Crippen molar-refractivity contribution < 1.29 is 28.9 Å². The Morgan fingerprint density at radius 1 is 1.09 bits per heavy atom. The van der Waals surface area contributed by atoms with E-state index in [0.717, 1.165) is 10.9 Å². The van der Waals surface area contributed by atoms with E-state index in [2.05, 4.69) is 4.98 Å². The van der Waals surface area contributed by atoms with Crippen molar-refractivity contribution in [2.45, 2.75) is 6.23 Å². The number of aliphatic hydroxyl groups excluding tert-OH is 1. The number of rotatable bonds is 4. The number of nitrogens with one attached hydrogen (secondary N) is 1. The third-order valence-corrected chi connectivity index (χ3v) is 5.89. The fraction of sp³-hybridized carbons (Fsp3) is 0.217. The first-order chi connectivity index (χ1) is 15.7. The number of carbonyl (C=O) groups excluding carboxylic acids is 2. The maximum atomic E-state index is 13.4. The van der Waals surface area contributed by atoms with Crippen molar-refractivity contribution in [1.29, 1.82) is 0 Å². The normalized spacial score (nSPS) is 19.7. The van der Waals surface area contributed by atoms with Gasteiger partial charge in [0.1, 0.15) is 6.54 Å². The maximum absolute atomic E-state index is 13.4. The molecule has 1 aromatic heterocycles. The van der Waals surface area contributed by atoms with E-state index in [4.69, 9.17) is 14.2 Å². The van der Waals surface area contributed by atoms with E-state index in [1.807, 2.05) is 24.3 Å². The summed E-state index contributed by atoms with van der Waals surface area (Å²) < 4.78 is 17.2. The minimum Gasteiger partial charge on any atom is -0.463 e. The largest absolute Gasteiger partial charge is 0.463 e. The number of β-amino-alcohol motifs (C(OH)–C–C–N with tert-alkyl or cyclic N) is 1. The summed E-state index contributed by atoms with van der Waals surface area (Å²) in [7, 11) is 0. The van der Waals surface area contributed by atoms with Gasteiger partial charge in [-0.15, -0.1) is 0 Å². The molecule has 32 heavy (non-hydrogen) atoms. The minimum absolute atomic E-state index is 0.0672. The van der Waals surface area contributed by atoms with Gasteiger partial charge in [0.2, 0.25) is 18.9 Å². The lowest BCUT2D eigenvalue weighted by molar-refractivity contribution is -0.150. The van der Waals surface area contributed by atoms with E-state index >= 15 is 0 Å². The Balaban J connectivity index is 1.50. The van der Waals surface area contributed by atoms with Crippen molar-refractivity contribution in [1.82, 2.24) is 14.8 Å². The molecule has 2 aromatic carbocycles. The van der Waals surface area contributed by atoms with Gasteiger partial charge in [-0.1, -0.05) is 18.2 Å².